The van der Waals surface area contributed by atoms with E-state index in [0.717, 1.165) is 16.9 Å². The number of hydrogen-bond donors (Lipinski definition) is 1. The fraction of sp³-hybridized carbons (Fsp3) is 0.0164. The Morgan fingerprint density at radius 3 is 1.95 bits per heavy atom. The average Bonchev–Trinajstić information content (AvgIpc) is 4.00. The van der Waals surface area contributed by atoms with Gasteiger partial charge in [-0.25, -0.2) is 0 Å². The van der Waals surface area contributed by atoms with Crippen LogP contribution in [0.1, 0.15) is 33.4 Å². The Labute approximate surface area is 368 Å². The normalized spacial score (nSPS) is 13.5. The molecule has 0 bridgehead atoms. The predicted molar refractivity (Wildman–Crippen MR) is 265 cm³/mol. The van der Waals surface area contributed by atoms with E-state index < -0.39 is 5.41 Å². The smallest absolute Gasteiger partial charge is 0.0727 e. The minimum Gasteiger partial charge on any atom is -0.362 e. The third-order valence-electron chi connectivity index (χ3n) is 13.1. The van der Waals surface area contributed by atoms with Gasteiger partial charge >= 0.3 is 0 Å². The third kappa shape index (κ3) is 6.02. The van der Waals surface area contributed by atoms with Gasteiger partial charge in [-0.3, -0.25) is 0 Å². The molecule has 0 amide bonds. The first kappa shape index (κ1) is 36.6. The molecule has 0 saturated heterocycles. The maximum atomic E-state index is 3.68. The Bertz CT molecular complexity index is 3420. The van der Waals surface area contributed by atoms with E-state index in [-0.39, 0.29) is 0 Å². The molecule has 9 aromatic carbocycles. The summed E-state index contributed by atoms with van der Waals surface area (Å²) in [5, 5.41) is 7.39. The van der Waals surface area contributed by atoms with Crippen molar-refractivity contribution in [1.82, 2.24) is 4.57 Å². The van der Waals surface area contributed by atoms with E-state index in [2.05, 4.69) is 259 Å². The van der Waals surface area contributed by atoms with Crippen LogP contribution < -0.4 is 5.32 Å². The summed E-state index contributed by atoms with van der Waals surface area (Å²) in [6, 6.07) is 77.4. The lowest BCUT2D eigenvalue weighted by molar-refractivity contribution is 0.792. The van der Waals surface area contributed by atoms with Gasteiger partial charge in [0, 0.05) is 29.2 Å². The van der Waals surface area contributed by atoms with Gasteiger partial charge in [-0.1, -0.05) is 188 Å². The Morgan fingerprint density at radius 1 is 0.476 bits per heavy atom. The van der Waals surface area contributed by atoms with Crippen LogP contribution >= 0.6 is 0 Å². The van der Waals surface area contributed by atoms with Gasteiger partial charge in [-0.15, -0.1) is 0 Å². The molecule has 0 radical (unpaired) electrons. The summed E-state index contributed by atoms with van der Waals surface area (Å²) in [7, 11) is 0. The number of anilines is 1. The number of hydrogen-bond acceptors (Lipinski definition) is 1. The van der Waals surface area contributed by atoms with Crippen LogP contribution in [0.25, 0.3) is 72.4 Å². The number of nitrogens with one attached hydrogen (secondary N) is 1. The highest BCUT2D eigenvalue weighted by Crippen LogP contribution is 2.63. The monoisotopic (exact) mass is 802 g/mol. The lowest BCUT2D eigenvalue weighted by Gasteiger charge is -2.31. The van der Waals surface area contributed by atoms with Crippen molar-refractivity contribution >= 4 is 39.0 Å². The highest BCUT2D eigenvalue weighted by molar-refractivity contribution is 5.97. The van der Waals surface area contributed by atoms with Crippen LogP contribution in [-0.2, 0) is 5.41 Å². The molecule has 0 aliphatic heterocycles. The quantitative estimate of drug-likeness (QED) is 0.151. The molecule has 2 aliphatic rings. The Morgan fingerprint density at radius 2 is 1.14 bits per heavy atom. The molecule has 0 unspecified atom stereocenters. The maximum absolute atomic E-state index is 3.68. The number of nitrogens with zero attached hydrogens (tertiary/aromatic N) is 1. The van der Waals surface area contributed by atoms with Gasteiger partial charge in [0.25, 0.3) is 0 Å². The Hall–Kier alpha value is -8.20. The van der Waals surface area contributed by atoms with Crippen molar-refractivity contribution in [3.05, 3.63) is 276 Å². The molecule has 0 saturated carbocycles. The minimum atomic E-state index is -0.481. The van der Waals surface area contributed by atoms with Crippen LogP contribution in [0.2, 0.25) is 0 Å². The standard InChI is InChI=1S/C61H42N2/c1-3-15-42(16-4-1)44(28-29-46-21-13-20-45-19-7-8-23-51(45)46)22-14-37-62-49-31-33-54-55-34-32-50(63-38-36-48-39-47(30-35-60(48)63)43-17-5-2-6-18-43)41-59(55)61(58(54)40-49)56-26-11-9-24-52(56)53-25-10-12-27-57(53)61/h1-41,62H/b29-28-,37-14+,44-22+. The van der Waals surface area contributed by atoms with Gasteiger partial charge in [0.2, 0.25) is 0 Å². The number of fused-ring (bicyclic) bond motifs is 12. The predicted octanol–water partition coefficient (Wildman–Crippen LogP) is 15.5. The molecule has 1 spiro atoms. The SMILES string of the molecule is C(=C/c1cccc2ccccc12)/C(=C\C=C\Nc1ccc2c(c1)C1(c3ccccc3-c3ccccc31)c1cc(-n3ccc4cc(-c5ccccc5)ccc43)ccc1-2)c1ccccc1. The summed E-state index contributed by atoms with van der Waals surface area (Å²) in [5.74, 6) is 0. The molecule has 10 aromatic rings. The fourth-order valence-electron chi connectivity index (χ4n) is 10.3. The van der Waals surface area contributed by atoms with Crippen molar-refractivity contribution in [3.8, 4) is 39.1 Å². The molecular formula is C61H42N2. The van der Waals surface area contributed by atoms with Gasteiger partial charge < -0.3 is 9.88 Å². The van der Waals surface area contributed by atoms with Gasteiger partial charge in [0.15, 0.2) is 0 Å². The van der Waals surface area contributed by atoms with Crippen molar-refractivity contribution < 1.29 is 0 Å². The van der Waals surface area contributed by atoms with Gasteiger partial charge in [-0.2, -0.15) is 0 Å². The number of rotatable bonds is 8. The van der Waals surface area contributed by atoms with E-state index in [1.807, 2.05) is 0 Å². The van der Waals surface area contributed by atoms with Gasteiger partial charge in [0.1, 0.15) is 0 Å². The molecule has 1 aromatic heterocycles. The molecule has 63 heavy (non-hydrogen) atoms. The molecule has 296 valence electrons. The van der Waals surface area contributed by atoms with Gasteiger partial charge in [-0.05, 0) is 132 Å². The van der Waals surface area contributed by atoms with E-state index in [1.165, 1.54) is 88.4 Å². The summed E-state index contributed by atoms with van der Waals surface area (Å²) < 4.78 is 2.35. The van der Waals surface area contributed by atoms with Crippen molar-refractivity contribution in [2.75, 3.05) is 5.32 Å². The lowest BCUT2D eigenvalue weighted by atomic mass is 9.70. The zero-order chi connectivity index (χ0) is 41.7. The first-order chi connectivity index (χ1) is 31.2. The van der Waals surface area contributed by atoms with Crippen LogP contribution in [0.15, 0.2) is 243 Å². The highest BCUT2D eigenvalue weighted by Gasteiger charge is 2.51. The number of allylic oxidation sites excluding steroid dienone is 4. The van der Waals surface area contributed by atoms with E-state index in [9.17, 15) is 0 Å². The van der Waals surface area contributed by atoms with Gasteiger partial charge in [0.05, 0.1) is 10.9 Å². The van der Waals surface area contributed by atoms with E-state index in [1.54, 1.807) is 0 Å². The molecule has 2 aliphatic carbocycles. The molecular weight excluding hydrogens is 761 g/mol. The largest absolute Gasteiger partial charge is 0.362 e. The molecule has 1 N–H and O–H groups in total. The van der Waals surface area contributed by atoms with E-state index >= 15 is 0 Å². The molecule has 2 nitrogen and oxygen atoms in total. The maximum Gasteiger partial charge on any atom is 0.0727 e. The van der Waals surface area contributed by atoms with Crippen LogP contribution in [0.3, 0.4) is 0 Å². The second-order valence-corrected chi connectivity index (χ2v) is 16.5. The fourth-order valence-corrected chi connectivity index (χ4v) is 10.3. The van der Waals surface area contributed by atoms with Crippen molar-refractivity contribution in [2.45, 2.75) is 5.41 Å². The molecule has 1 heterocycles. The third-order valence-corrected chi connectivity index (χ3v) is 13.1. The van der Waals surface area contributed by atoms with Crippen LogP contribution in [0.4, 0.5) is 5.69 Å². The summed E-state index contributed by atoms with van der Waals surface area (Å²) in [5.41, 5.74) is 19.3. The zero-order valence-electron chi connectivity index (χ0n) is 34.6. The average molecular weight is 803 g/mol. The zero-order valence-corrected chi connectivity index (χ0v) is 34.6. The van der Waals surface area contributed by atoms with Crippen molar-refractivity contribution in [3.63, 3.8) is 0 Å². The topological polar surface area (TPSA) is 17.0 Å². The van der Waals surface area contributed by atoms with Crippen LogP contribution in [0, 0.1) is 0 Å². The summed E-state index contributed by atoms with van der Waals surface area (Å²) in [6.07, 6.45) is 13.0. The summed E-state index contributed by atoms with van der Waals surface area (Å²) in [6.45, 7) is 0. The molecule has 0 fully saturated rings. The van der Waals surface area contributed by atoms with Crippen molar-refractivity contribution in [1.29, 1.82) is 0 Å². The minimum absolute atomic E-state index is 0.481. The van der Waals surface area contributed by atoms with Crippen LogP contribution in [-0.4, -0.2) is 4.57 Å². The van der Waals surface area contributed by atoms with E-state index in [0.29, 0.717) is 0 Å². The summed E-state index contributed by atoms with van der Waals surface area (Å²) >= 11 is 0. The first-order valence-electron chi connectivity index (χ1n) is 21.7. The Kier molecular flexibility index (Phi) is 8.76. The lowest BCUT2D eigenvalue weighted by Crippen LogP contribution is -2.26. The highest BCUT2D eigenvalue weighted by atomic mass is 15.0. The number of benzene rings is 9. The molecule has 0 atom stereocenters. The second-order valence-electron chi connectivity index (χ2n) is 16.5. The first-order valence-corrected chi connectivity index (χ1v) is 21.7. The summed E-state index contributed by atoms with van der Waals surface area (Å²) in [4.78, 5) is 0. The second kappa shape index (κ2) is 15.1. The number of aromatic nitrogens is 1. The molecule has 12 rings (SSSR count). The van der Waals surface area contributed by atoms with Crippen molar-refractivity contribution in [2.24, 2.45) is 0 Å². The Balaban J connectivity index is 0.935. The molecule has 2 heteroatoms. The van der Waals surface area contributed by atoms with Crippen LogP contribution in [0.5, 0.6) is 0 Å². The van der Waals surface area contributed by atoms with E-state index in [4.69, 9.17) is 0 Å².